The van der Waals surface area contributed by atoms with Gasteiger partial charge >= 0.3 is 0 Å². The van der Waals surface area contributed by atoms with Crippen molar-refractivity contribution in [3.05, 3.63) is 29.8 Å². The minimum Gasteiger partial charge on any atom is -0.384 e. The molecule has 2 heterocycles. The van der Waals surface area contributed by atoms with E-state index in [1.165, 1.54) is 43.7 Å². The van der Waals surface area contributed by atoms with Gasteiger partial charge in [0.05, 0.1) is 0 Å². The summed E-state index contributed by atoms with van der Waals surface area (Å²) in [5.74, 6) is 0.646. The molecule has 2 unspecified atom stereocenters. The second-order valence-electron chi connectivity index (χ2n) is 6.31. The van der Waals surface area contributed by atoms with Crippen LogP contribution in [-0.4, -0.2) is 55.6 Å². The number of hydrogen-bond acceptors (Lipinski definition) is 3. The SMILES string of the molecule is CCN1CCCC1CN(C)CC1CNc2ccccc21. The number of benzene rings is 1. The van der Waals surface area contributed by atoms with E-state index in [1.807, 2.05) is 0 Å². The Balaban J connectivity index is 1.56. The van der Waals surface area contributed by atoms with Crippen LogP contribution < -0.4 is 5.32 Å². The van der Waals surface area contributed by atoms with Gasteiger partial charge in [0.1, 0.15) is 0 Å². The van der Waals surface area contributed by atoms with Crippen LogP contribution in [0.3, 0.4) is 0 Å². The molecule has 2 aliphatic heterocycles. The van der Waals surface area contributed by atoms with Crippen molar-refractivity contribution in [2.45, 2.75) is 31.7 Å². The highest BCUT2D eigenvalue weighted by atomic mass is 15.2. The fourth-order valence-electron chi connectivity index (χ4n) is 3.85. The normalized spacial score (nSPS) is 25.9. The molecule has 1 saturated heterocycles. The predicted octanol–water partition coefficient (Wildman–Crippen LogP) is 2.61. The highest BCUT2D eigenvalue weighted by Crippen LogP contribution is 2.31. The molecule has 2 atom stereocenters. The van der Waals surface area contributed by atoms with Crippen LogP contribution in [0.4, 0.5) is 5.69 Å². The molecule has 0 saturated carbocycles. The molecule has 0 spiro atoms. The van der Waals surface area contributed by atoms with Crippen molar-refractivity contribution in [3.63, 3.8) is 0 Å². The van der Waals surface area contributed by atoms with Crippen LogP contribution in [0.2, 0.25) is 0 Å². The van der Waals surface area contributed by atoms with Gasteiger partial charge in [0, 0.05) is 37.3 Å². The summed E-state index contributed by atoms with van der Waals surface area (Å²) in [6.07, 6.45) is 2.75. The lowest BCUT2D eigenvalue weighted by molar-refractivity contribution is 0.194. The van der Waals surface area contributed by atoms with Crippen molar-refractivity contribution in [1.82, 2.24) is 9.80 Å². The van der Waals surface area contributed by atoms with E-state index in [0.29, 0.717) is 5.92 Å². The van der Waals surface area contributed by atoms with E-state index in [0.717, 1.165) is 19.1 Å². The summed E-state index contributed by atoms with van der Waals surface area (Å²) in [5.41, 5.74) is 2.83. The molecule has 3 heteroatoms. The highest BCUT2D eigenvalue weighted by Gasteiger charge is 2.27. The summed E-state index contributed by atoms with van der Waals surface area (Å²) in [7, 11) is 2.28. The maximum atomic E-state index is 3.53. The fraction of sp³-hybridized carbons (Fsp3) is 0.647. The Kier molecular flexibility index (Phi) is 4.27. The topological polar surface area (TPSA) is 18.5 Å². The molecule has 3 nitrogen and oxygen atoms in total. The summed E-state index contributed by atoms with van der Waals surface area (Å²) < 4.78 is 0. The second-order valence-corrected chi connectivity index (χ2v) is 6.31. The summed E-state index contributed by atoms with van der Waals surface area (Å²) in [4.78, 5) is 5.17. The number of nitrogens with one attached hydrogen (secondary N) is 1. The number of fused-ring (bicyclic) bond motifs is 1. The second kappa shape index (κ2) is 6.15. The summed E-state index contributed by atoms with van der Waals surface area (Å²) in [5, 5.41) is 3.53. The third-order valence-corrected chi connectivity index (χ3v) is 4.90. The average molecular weight is 273 g/mol. The Bertz CT molecular complexity index is 446. The quantitative estimate of drug-likeness (QED) is 0.889. The van der Waals surface area contributed by atoms with Gasteiger partial charge in [-0.15, -0.1) is 0 Å². The lowest BCUT2D eigenvalue weighted by Crippen LogP contribution is -2.40. The largest absolute Gasteiger partial charge is 0.384 e. The molecule has 0 bridgehead atoms. The monoisotopic (exact) mass is 273 g/mol. The van der Waals surface area contributed by atoms with Gasteiger partial charge in [0.15, 0.2) is 0 Å². The lowest BCUT2D eigenvalue weighted by atomic mass is 10.0. The molecule has 0 radical (unpaired) electrons. The van der Waals surface area contributed by atoms with Crippen LogP contribution in [0.5, 0.6) is 0 Å². The van der Waals surface area contributed by atoms with Gasteiger partial charge in [-0.1, -0.05) is 25.1 Å². The van der Waals surface area contributed by atoms with Gasteiger partial charge < -0.3 is 10.2 Å². The maximum absolute atomic E-state index is 3.53. The first-order chi connectivity index (χ1) is 9.78. The van der Waals surface area contributed by atoms with E-state index in [-0.39, 0.29) is 0 Å². The number of likely N-dealkylation sites (tertiary alicyclic amines) is 1. The minimum atomic E-state index is 0.646. The van der Waals surface area contributed by atoms with Crippen LogP contribution in [0.1, 0.15) is 31.2 Å². The molecular weight excluding hydrogens is 246 g/mol. The van der Waals surface area contributed by atoms with Gasteiger partial charge in [-0.05, 0) is 44.6 Å². The number of rotatable bonds is 5. The molecule has 110 valence electrons. The van der Waals surface area contributed by atoms with Crippen LogP contribution >= 0.6 is 0 Å². The highest BCUT2D eigenvalue weighted by molar-refractivity contribution is 5.57. The van der Waals surface area contributed by atoms with Crippen molar-refractivity contribution >= 4 is 5.69 Å². The molecule has 2 aliphatic rings. The van der Waals surface area contributed by atoms with E-state index >= 15 is 0 Å². The molecule has 0 amide bonds. The van der Waals surface area contributed by atoms with Crippen molar-refractivity contribution < 1.29 is 0 Å². The zero-order valence-electron chi connectivity index (χ0n) is 12.8. The molecule has 20 heavy (non-hydrogen) atoms. The van der Waals surface area contributed by atoms with E-state index in [1.54, 1.807) is 0 Å². The predicted molar refractivity (Wildman–Crippen MR) is 85.4 cm³/mol. The third-order valence-electron chi connectivity index (χ3n) is 4.90. The Labute approximate surface area is 123 Å². The zero-order chi connectivity index (χ0) is 13.9. The van der Waals surface area contributed by atoms with E-state index in [2.05, 4.69) is 53.4 Å². The molecular formula is C17H27N3. The maximum Gasteiger partial charge on any atom is 0.0376 e. The summed E-state index contributed by atoms with van der Waals surface area (Å²) >= 11 is 0. The number of anilines is 1. The number of nitrogens with zero attached hydrogens (tertiary/aromatic N) is 2. The third kappa shape index (κ3) is 2.84. The number of para-hydroxylation sites is 1. The standard InChI is InChI=1S/C17H27N3/c1-3-20-10-6-7-15(20)13-19(2)12-14-11-18-17-9-5-4-8-16(14)17/h4-5,8-9,14-15,18H,3,6-7,10-13H2,1-2H3. The van der Waals surface area contributed by atoms with Crippen molar-refractivity contribution in [1.29, 1.82) is 0 Å². The molecule has 1 aromatic carbocycles. The van der Waals surface area contributed by atoms with Gasteiger partial charge in [0.25, 0.3) is 0 Å². The molecule has 1 aromatic rings. The van der Waals surface area contributed by atoms with Gasteiger partial charge in [-0.2, -0.15) is 0 Å². The minimum absolute atomic E-state index is 0.646. The van der Waals surface area contributed by atoms with E-state index in [4.69, 9.17) is 0 Å². The number of hydrogen-bond donors (Lipinski definition) is 1. The Morgan fingerprint density at radius 3 is 3.00 bits per heavy atom. The van der Waals surface area contributed by atoms with Crippen LogP contribution in [0.25, 0.3) is 0 Å². The Morgan fingerprint density at radius 1 is 1.30 bits per heavy atom. The Hall–Kier alpha value is -1.06. The summed E-state index contributed by atoms with van der Waals surface area (Å²) in [6, 6.07) is 9.53. The fourth-order valence-corrected chi connectivity index (χ4v) is 3.85. The van der Waals surface area contributed by atoms with Gasteiger partial charge in [-0.3, -0.25) is 4.90 Å². The van der Waals surface area contributed by atoms with Crippen molar-refractivity contribution in [3.8, 4) is 0 Å². The van der Waals surface area contributed by atoms with Gasteiger partial charge in [-0.25, -0.2) is 0 Å². The zero-order valence-corrected chi connectivity index (χ0v) is 12.8. The van der Waals surface area contributed by atoms with E-state index < -0.39 is 0 Å². The molecule has 1 fully saturated rings. The van der Waals surface area contributed by atoms with Crippen LogP contribution in [-0.2, 0) is 0 Å². The smallest absolute Gasteiger partial charge is 0.0376 e. The first kappa shape index (κ1) is 13.9. The lowest BCUT2D eigenvalue weighted by Gasteiger charge is -2.29. The van der Waals surface area contributed by atoms with E-state index in [9.17, 15) is 0 Å². The Morgan fingerprint density at radius 2 is 2.15 bits per heavy atom. The summed E-state index contributed by atoms with van der Waals surface area (Å²) in [6.45, 7) is 8.25. The first-order valence-electron chi connectivity index (χ1n) is 8.03. The van der Waals surface area contributed by atoms with Crippen molar-refractivity contribution in [2.24, 2.45) is 0 Å². The molecule has 0 aliphatic carbocycles. The van der Waals surface area contributed by atoms with Crippen molar-refractivity contribution in [2.75, 3.05) is 45.1 Å². The number of likely N-dealkylation sites (N-methyl/N-ethyl adjacent to an activating group) is 2. The average Bonchev–Trinajstić information content (AvgIpc) is 3.06. The van der Waals surface area contributed by atoms with Crippen LogP contribution in [0.15, 0.2) is 24.3 Å². The van der Waals surface area contributed by atoms with Gasteiger partial charge in [0.2, 0.25) is 0 Å². The first-order valence-corrected chi connectivity index (χ1v) is 8.03. The molecule has 0 aromatic heterocycles. The molecule has 3 rings (SSSR count). The molecule has 1 N–H and O–H groups in total. The van der Waals surface area contributed by atoms with Crippen LogP contribution in [0, 0.1) is 0 Å².